The number of carbonyl (C=O) groups excluding carboxylic acids is 2. The molecule has 2 atom stereocenters. The third-order valence-electron chi connectivity index (χ3n) is 4.32. The summed E-state index contributed by atoms with van der Waals surface area (Å²) in [7, 11) is 0. The molecule has 0 radical (unpaired) electrons. The molecule has 1 aromatic carbocycles. The van der Waals surface area contributed by atoms with Gasteiger partial charge < -0.3 is 14.7 Å². The molecule has 0 spiro atoms. The molecular formula is C19H25NO5. The molecule has 1 saturated heterocycles. The number of ether oxygens (including phenoxy) is 1. The summed E-state index contributed by atoms with van der Waals surface area (Å²) in [5.74, 6) is -0.849. The van der Waals surface area contributed by atoms with Crippen molar-refractivity contribution >= 4 is 18.3 Å². The third-order valence-corrected chi connectivity index (χ3v) is 4.32. The van der Waals surface area contributed by atoms with Gasteiger partial charge in [-0.3, -0.25) is 9.59 Å². The molecule has 1 heterocycles. The Kier molecular flexibility index (Phi) is 5.82. The molecule has 6 heteroatoms. The number of nitrogens with zero attached hydrogens (tertiary/aromatic N) is 1. The van der Waals surface area contributed by atoms with E-state index in [2.05, 4.69) is 0 Å². The summed E-state index contributed by atoms with van der Waals surface area (Å²) in [5.41, 5.74) is 0.818. The smallest absolute Gasteiger partial charge is 0.407 e. The summed E-state index contributed by atoms with van der Waals surface area (Å²) in [6, 6.07) is 7.12. The number of rotatable bonds is 5. The summed E-state index contributed by atoms with van der Waals surface area (Å²) in [6.07, 6.45) is 0.861. The Balaban J connectivity index is 2.21. The first-order valence-corrected chi connectivity index (χ1v) is 8.44. The zero-order chi connectivity index (χ0) is 18.6. The van der Waals surface area contributed by atoms with Crippen molar-refractivity contribution in [2.24, 2.45) is 11.8 Å². The third kappa shape index (κ3) is 5.31. The number of benzene rings is 1. The van der Waals surface area contributed by atoms with Crippen LogP contribution in [0, 0.1) is 11.8 Å². The molecule has 1 N–H and O–H groups in total. The Morgan fingerprint density at radius 3 is 2.68 bits per heavy atom. The van der Waals surface area contributed by atoms with Gasteiger partial charge >= 0.3 is 12.1 Å². The lowest BCUT2D eigenvalue weighted by atomic mass is 9.85. The fraction of sp³-hybridized carbons (Fsp3) is 0.526. The summed E-state index contributed by atoms with van der Waals surface area (Å²) in [5, 5.41) is 9.17. The summed E-state index contributed by atoms with van der Waals surface area (Å²) < 4.78 is 5.56. The molecule has 0 bridgehead atoms. The molecule has 2 rings (SSSR count). The van der Waals surface area contributed by atoms with Crippen LogP contribution in [0.4, 0.5) is 4.79 Å². The van der Waals surface area contributed by atoms with E-state index < -0.39 is 17.6 Å². The lowest BCUT2D eigenvalue weighted by molar-refractivity contribution is -0.161. The van der Waals surface area contributed by atoms with E-state index in [0.29, 0.717) is 31.5 Å². The second-order valence-corrected chi connectivity index (χ2v) is 7.48. The van der Waals surface area contributed by atoms with Crippen LogP contribution in [0.3, 0.4) is 0 Å². The van der Waals surface area contributed by atoms with Crippen molar-refractivity contribution in [3.8, 4) is 0 Å². The first-order valence-electron chi connectivity index (χ1n) is 8.44. The Bertz CT molecular complexity index is 649. The van der Waals surface area contributed by atoms with Crippen molar-refractivity contribution in [3.05, 3.63) is 35.4 Å². The monoisotopic (exact) mass is 347 g/mol. The van der Waals surface area contributed by atoms with Gasteiger partial charge in [-0.2, -0.15) is 0 Å². The van der Waals surface area contributed by atoms with Gasteiger partial charge in [-0.15, -0.1) is 0 Å². The van der Waals surface area contributed by atoms with Gasteiger partial charge in [0, 0.05) is 18.7 Å². The lowest BCUT2D eigenvalue weighted by Crippen LogP contribution is -2.35. The van der Waals surface area contributed by atoms with E-state index in [4.69, 9.17) is 9.84 Å². The van der Waals surface area contributed by atoms with Crippen molar-refractivity contribution in [1.29, 1.82) is 0 Å². The average Bonchev–Trinajstić information content (AvgIpc) is 3.01. The maximum absolute atomic E-state index is 12.7. The molecule has 1 aliphatic heterocycles. The van der Waals surface area contributed by atoms with Gasteiger partial charge in [-0.25, -0.2) is 4.79 Å². The van der Waals surface area contributed by atoms with Gasteiger partial charge in [0.15, 0.2) is 0 Å². The van der Waals surface area contributed by atoms with E-state index in [9.17, 15) is 14.4 Å². The van der Waals surface area contributed by atoms with Gasteiger partial charge in [0.25, 0.3) is 0 Å². The van der Waals surface area contributed by atoms with Gasteiger partial charge in [0.05, 0.1) is 5.92 Å². The van der Waals surface area contributed by atoms with E-state index in [0.717, 1.165) is 11.8 Å². The number of amides is 1. The summed E-state index contributed by atoms with van der Waals surface area (Å²) in [6.45, 7) is 6.19. The molecule has 1 fully saturated rings. The van der Waals surface area contributed by atoms with E-state index in [-0.39, 0.29) is 11.9 Å². The molecule has 6 nitrogen and oxygen atoms in total. The minimum absolute atomic E-state index is 0.0918. The minimum atomic E-state index is -0.964. The number of carbonyl (C=O) groups is 3. The summed E-state index contributed by atoms with van der Waals surface area (Å²) >= 11 is 0. The maximum Gasteiger partial charge on any atom is 0.407 e. The van der Waals surface area contributed by atoms with Crippen LogP contribution in [0.2, 0.25) is 0 Å². The van der Waals surface area contributed by atoms with Crippen molar-refractivity contribution in [2.75, 3.05) is 13.1 Å². The van der Waals surface area contributed by atoms with Crippen LogP contribution < -0.4 is 0 Å². The SMILES string of the molecule is CC(C)(C)OC(=O)[C@@H](Cc1cccc(C=O)c1)[C@H]1CCN(C(=O)O)C1. The lowest BCUT2D eigenvalue weighted by Gasteiger charge is -2.27. The van der Waals surface area contributed by atoms with Crippen molar-refractivity contribution < 1.29 is 24.2 Å². The second-order valence-electron chi connectivity index (χ2n) is 7.48. The van der Waals surface area contributed by atoms with Crippen molar-refractivity contribution in [1.82, 2.24) is 4.90 Å². The predicted molar refractivity (Wildman–Crippen MR) is 92.6 cm³/mol. The fourth-order valence-corrected chi connectivity index (χ4v) is 3.16. The van der Waals surface area contributed by atoms with Crippen molar-refractivity contribution in [3.63, 3.8) is 0 Å². The van der Waals surface area contributed by atoms with E-state index in [1.165, 1.54) is 4.90 Å². The first kappa shape index (κ1) is 19.0. The van der Waals surface area contributed by atoms with E-state index in [1.807, 2.05) is 26.8 Å². The number of esters is 1. The highest BCUT2D eigenvalue weighted by molar-refractivity contribution is 5.76. The fourth-order valence-electron chi connectivity index (χ4n) is 3.16. The van der Waals surface area contributed by atoms with Gasteiger partial charge in [0.1, 0.15) is 11.9 Å². The van der Waals surface area contributed by atoms with Crippen LogP contribution in [0.25, 0.3) is 0 Å². The largest absolute Gasteiger partial charge is 0.465 e. The Morgan fingerprint density at radius 2 is 2.12 bits per heavy atom. The molecule has 1 aromatic rings. The van der Waals surface area contributed by atoms with Crippen molar-refractivity contribution in [2.45, 2.75) is 39.2 Å². The van der Waals surface area contributed by atoms with Crippen LogP contribution in [0.1, 0.15) is 43.1 Å². The molecule has 0 aliphatic carbocycles. The number of hydrogen-bond donors (Lipinski definition) is 1. The number of likely N-dealkylation sites (tertiary alicyclic amines) is 1. The maximum atomic E-state index is 12.7. The molecule has 0 unspecified atom stereocenters. The highest BCUT2D eigenvalue weighted by Crippen LogP contribution is 2.29. The Hall–Kier alpha value is -2.37. The zero-order valence-electron chi connectivity index (χ0n) is 14.9. The number of hydrogen-bond acceptors (Lipinski definition) is 4. The highest BCUT2D eigenvalue weighted by atomic mass is 16.6. The second kappa shape index (κ2) is 7.68. The highest BCUT2D eigenvalue weighted by Gasteiger charge is 2.37. The zero-order valence-corrected chi connectivity index (χ0v) is 14.9. The molecule has 0 aromatic heterocycles. The van der Waals surface area contributed by atoms with Crippen LogP contribution >= 0.6 is 0 Å². The van der Waals surface area contributed by atoms with Crippen LogP contribution in [0.5, 0.6) is 0 Å². The molecule has 1 aliphatic rings. The topological polar surface area (TPSA) is 83.9 Å². The standard InChI is InChI=1S/C19H25NO5/c1-19(2,3)25-17(22)16(15-7-8-20(11-15)18(23)24)10-13-5-4-6-14(9-13)12-21/h4-6,9,12,15-16H,7-8,10-11H2,1-3H3,(H,23,24)/t15-,16-/m0/s1. The van der Waals surface area contributed by atoms with Gasteiger partial charge in [-0.1, -0.05) is 18.2 Å². The minimum Gasteiger partial charge on any atom is -0.465 e. The molecular weight excluding hydrogens is 322 g/mol. The predicted octanol–water partition coefficient (Wildman–Crippen LogP) is 3.00. The first-order chi connectivity index (χ1) is 11.7. The quantitative estimate of drug-likeness (QED) is 0.654. The average molecular weight is 347 g/mol. The van der Waals surface area contributed by atoms with E-state index >= 15 is 0 Å². The molecule has 0 saturated carbocycles. The van der Waals surface area contributed by atoms with Crippen LogP contribution in [-0.2, 0) is 16.0 Å². The van der Waals surface area contributed by atoms with Crippen LogP contribution in [0.15, 0.2) is 24.3 Å². The van der Waals surface area contributed by atoms with E-state index in [1.54, 1.807) is 18.2 Å². The molecule has 136 valence electrons. The molecule has 25 heavy (non-hydrogen) atoms. The normalized spacial score (nSPS) is 18.7. The summed E-state index contributed by atoms with van der Waals surface area (Å²) in [4.78, 5) is 36.2. The molecule has 1 amide bonds. The Morgan fingerprint density at radius 1 is 1.40 bits per heavy atom. The van der Waals surface area contributed by atoms with Gasteiger partial charge in [0.2, 0.25) is 0 Å². The number of carboxylic acid groups (broad SMARTS) is 1. The van der Waals surface area contributed by atoms with Crippen LogP contribution in [-0.4, -0.2) is 47.0 Å². The van der Waals surface area contributed by atoms with Gasteiger partial charge in [-0.05, 0) is 51.2 Å². The Labute approximate surface area is 147 Å². The number of aldehydes is 1.